The van der Waals surface area contributed by atoms with Crippen LogP contribution in [0.2, 0.25) is 36.3 Å². The summed E-state index contributed by atoms with van der Waals surface area (Å²) in [5, 5.41) is 0.496. The third-order valence-corrected chi connectivity index (χ3v) is 16.0. The van der Waals surface area contributed by atoms with Crippen LogP contribution in [0.15, 0.2) is 24.3 Å². The predicted molar refractivity (Wildman–Crippen MR) is 134 cm³/mol. The van der Waals surface area contributed by atoms with Crippen molar-refractivity contribution >= 4 is 16.6 Å². The maximum Gasteiger partial charge on any atom is 0.192 e. The van der Waals surface area contributed by atoms with Crippen LogP contribution in [0, 0.1) is 5.92 Å². The van der Waals surface area contributed by atoms with Gasteiger partial charge in [-0.05, 0) is 66.2 Å². The molecule has 0 unspecified atom stereocenters. The zero-order valence-electron chi connectivity index (χ0n) is 21.4. The van der Waals surface area contributed by atoms with E-state index in [9.17, 15) is 0 Å². The van der Waals surface area contributed by atoms with Gasteiger partial charge in [0.1, 0.15) is 0 Å². The molecule has 1 aromatic carbocycles. The Bertz CT molecular complexity index is 639. The number of hydrogen-bond donors (Lipinski definition) is 0. The second-order valence-corrected chi connectivity index (χ2v) is 21.5. The molecule has 0 N–H and O–H groups in total. The Hall–Kier alpha value is -0.426. The fourth-order valence-corrected chi connectivity index (χ4v) is 5.37. The molecule has 0 heterocycles. The van der Waals surface area contributed by atoms with Crippen molar-refractivity contribution in [3.05, 3.63) is 35.4 Å². The van der Waals surface area contributed by atoms with Gasteiger partial charge >= 0.3 is 0 Å². The predicted octanol–water partition coefficient (Wildman–Crippen LogP) is 8.36. The van der Waals surface area contributed by atoms with Crippen LogP contribution in [0.4, 0.5) is 0 Å². The topological polar surface area (TPSA) is 18.5 Å². The zero-order valence-corrected chi connectivity index (χ0v) is 23.4. The van der Waals surface area contributed by atoms with E-state index in [-0.39, 0.29) is 16.2 Å². The molecule has 0 aromatic heterocycles. The van der Waals surface area contributed by atoms with Crippen LogP contribution in [-0.4, -0.2) is 23.2 Å². The first-order chi connectivity index (χ1) is 13.0. The lowest BCUT2D eigenvalue weighted by Gasteiger charge is -2.39. The fourth-order valence-electron chi connectivity index (χ4n) is 2.87. The molecule has 0 spiro atoms. The minimum atomic E-state index is -1.79. The second kappa shape index (κ2) is 9.80. The molecular weight excluding hydrogens is 388 g/mol. The van der Waals surface area contributed by atoms with Gasteiger partial charge < -0.3 is 8.85 Å². The van der Waals surface area contributed by atoms with Gasteiger partial charge in [0.15, 0.2) is 16.6 Å². The van der Waals surface area contributed by atoms with E-state index in [1.54, 1.807) is 0 Å². The van der Waals surface area contributed by atoms with Gasteiger partial charge in [0, 0.05) is 6.61 Å². The molecule has 0 radical (unpaired) electrons. The van der Waals surface area contributed by atoms with Crippen LogP contribution in [0.3, 0.4) is 0 Å². The van der Waals surface area contributed by atoms with Crippen molar-refractivity contribution in [2.45, 2.75) is 111 Å². The van der Waals surface area contributed by atoms with Crippen molar-refractivity contribution in [1.82, 2.24) is 0 Å². The summed E-state index contributed by atoms with van der Waals surface area (Å²) in [7, 11) is -3.47. The minimum absolute atomic E-state index is 0.189. The Morgan fingerprint density at radius 1 is 0.897 bits per heavy atom. The first-order valence-corrected chi connectivity index (χ1v) is 17.2. The molecule has 0 amide bonds. The highest BCUT2D eigenvalue weighted by Crippen LogP contribution is 2.40. The molecule has 0 aliphatic carbocycles. The van der Waals surface area contributed by atoms with E-state index in [0.29, 0.717) is 5.92 Å². The molecule has 0 saturated carbocycles. The zero-order chi connectivity index (χ0) is 22.7. The summed E-state index contributed by atoms with van der Waals surface area (Å²) in [5.74, 6) is 0.515. The van der Waals surface area contributed by atoms with Gasteiger partial charge in [-0.15, -0.1) is 0 Å². The summed E-state index contributed by atoms with van der Waals surface area (Å²) < 4.78 is 13.2. The average molecular weight is 437 g/mol. The fraction of sp³-hybridized carbons (Fsp3) is 0.760. The van der Waals surface area contributed by atoms with Crippen LogP contribution in [-0.2, 0) is 15.3 Å². The van der Waals surface area contributed by atoms with Crippen LogP contribution >= 0.6 is 0 Å². The minimum Gasteiger partial charge on any atom is -0.417 e. The molecule has 0 aliphatic rings. The van der Waals surface area contributed by atoms with Gasteiger partial charge in [-0.1, -0.05) is 79.7 Å². The van der Waals surface area contributed by atoms with Crippen molar-refractivity contribution in [3.8, 4) is 0 Å². The molecule has 1 rings (SSSR count). The van der Waals surface area contributed by atoms with Crippen molar-refractivity contribution in [2.24, 2.45) is 5.92 Å². The Kier molecular flexibility index (Phi) is 8.99. The molecule has 0 fully saturated rings. The Morgan fingerprint density at radius 2 is 1.45 bits per heavy atom. The molecule has 2 atom stereocenters. The lowest BCUT2D eigenvalue weighted by molar-refractivity contribution is 0.179. The maximum absolute atomic E-state index is 6.75. The highest BCUT2D eigenvalue weighted by atomic mass is 28.4. The molecule has 2 nitrogen and oxygen atoms in total. The second-order valence-electron chi connectivity index (χ2n) is 11.9. The Balaban J connectivity index is 2.83. The summed E-state index contributed by atoms with van der Waals surface area (Å²) in [6, 6.07) is 9.06. The van der Waals surface area contributed by atoms with Gasteiger partial charge in [-0.2, -0.15) is 0 Å². The smallest absolute Gasteiger partial charge is 0.192 e. The summed E-state index contributed by atoms with van der Waals surface area (Å²) in [4.78, 5) is 0. The molecule has 1 aromatic rings. The first-order valence-electron chi connectivity index (χ1n) is 11.4. The van der Waals surface area contributed by atoms with Crippen LogP contribution in [0.5, 0.6) is 0 Å². The molecule has 0 aliphatic heterocycles. The third kappa shape index (κ3) is 7.64. The van der Waals surface area contributed by atoms with Crippen molar-refractivity contribution < 1.29 is 8.85 Å². The van der Waals surface area contributed by atoms with Gasteiger partial charge in [0.25, 0.3) is 0 Å². The van der Waals surface area contributed by atoms with Gasteiger partial charge in [0.05, 0.1) is 6.10 Å². The summed E-state index contributed by atoms with van der Waals surface area (Å²) in [6.45, 7) is 28.6. The van der Waals surface area contributed by atoms with Crippen LogP contribution in [0.1, 0.15) is 79.0 Å². The average Bonchev–Trinajstić information content (AvgIpc) is 2.56. The molecule has 168 valence electrons. The highest BCUT2D eigenvalue weighted by molar-refractivity contribution is 6.74. The van der Waals surface area contributed by atoms with Crippen molar-refractivity contribution in [1.29, 1.82) is 0 Å². The quantitative estimate of drug-likeness (QED) is 0.362. The lowest BCUT2D eigenvalue weighted by Crippen LogP contribution is -2.42. The third-order valence-electron chi connectivity index (χ3n) is 7.06. The number of rotatable bonds is 9. The molecular formula is C25H48O2Si2. The highest BCUT2D eigenvalue weighted by Gasteiger charge is 2.39. The van der Waals surface area contributed by atoms with Crippen LogP contribution in [0.25, 0.3) is 0 Å². The molecule has 0 saturated heterocycles. The van der Waals surface area contributed by atoms with E-state index in [1.807, 2.05) is 0 Å². The number of benzene rings is 1. The van der Waals surface area contributed by atoms with E-state index >= 15 is 0 Å². The van der Waals surface area contributed by atoms with Gasteiger partial charge in [-0.25, -0.2) is 0 Å². The molecule has 29 heavy (non-hydrogen) atoms. The normalized spacial score (nSPS) is 16.0. The van der Waals surface area contributed by atoms with E-state index in [0.717, 1.165) is 19.4 Å². The maximum atomic E-state index is 6.75. The monoisotopic (exact) mass is 436 g/mol. The van der Waals surface area contributed by atoms with E-state index < -0.39 is 16.6 Å². The van der Waals surface area contributed by atoms with Crippen molar-refractivity contribution in [3.63, 3.8) is 0 Å². The van der Waals surface area contributed by atoms with E-state index in [4.69, 9.17) is 8.85 Å². The van der Waals surface area contributed by atoms with Crippen LogP contribution < -0.4 is 0 Å². The summed E-state index contributed by atoms with van der Waals surface area (Å²) in [5.41, 5.74) is 2.72. The summed E-state index contributed by atoms with van der Waals surface area (Å²) >= 11 is 0. The number of hydrogen-bond acceptors (Lipinski definition) is 2. The Morgan fingerprint density at radius 3 is 1.93 bits per heavy atom. The first kappa shape index (κ1) is 26.6. The standard InChI is InChI=1S/C25H48O2Si2/c1-13-23(27-29(11,12)25(6,7)8)22-16-14-15-21(18-22)17-20(2)19-26-28(9,10)24(3,4)5/h14-16,18,20,23H,13,17,19H2,1-12H3/t20-,23-/m0/s1. The molecule has 0 bridgehead atoms. The van der Waals surface area contributed by atoms with Gasteiger partial charge in [-0.3, -0.25) is 0 Å². The van der Waals surface area contributed by atoms with Crippen molar-refractivity contribution in [2.75, 3.05) is 6.61 Å². The SMILES string of the molecule is CC[C@H](O[Si](C)(C)C(C)(C)C)c1cccc(C[C@H](C)CO[Si](C)(C)C(C)(C)C)c1. The Labute approximate surface area is 184 Å². The van der Waals surface area contributed by atoms with E-state index in [2.05, 4.69) is 106 Å². The largest absolute Gasteiger partial charge is 0.417 e. The summed E-state index contributed by atoms with van der Waals surface area (Å²) in [6.07, 6.45) is 2.26. The van der Waals surface area contributed by atoms with Gasteiger partial charge in [0.2, 0.25) is 0 Å². The lowest BCUT2D eigenvalue weighted by atomic mass is 9.98. The molecule has 4 heteroatoms. The van der Waals surface area contributed by atoms with E-state index in [1.165, 1.54) is 11.1 Å².